The fraction of sp³-hybridized carbons (Fsp3) is 0. The summed E-state index contributed by atoms with van der Waals surface area (Å²) in [6.07, 6.45) is 1.66. The molecule has 0 saturated heterocycles. The van der Waals surface area contributed by atoms with E-state index < -0.39 is 0 Å². The number of fused-ring (bicyclic) bond motifs is 1. The molecule has 0 spiro atoms. The molecule has 24 heavy (non-hydrogen) atoms. The average molecular weight is 355 g/mol. The van der Waals surface area contributed by atoms with Crippen LogP contribution < -0.4 is 10.9 Å². The molecule has 3 heterocycles. The van der Waals surface area contributed by atoms with Crippen LogP contribution in [0, 0.1) is 0 Å². The Morgan fingerprint density at radius 2 is 1.96 bits per heavy atom. The summed E-state index contributed by atoms with van der Waals surface area (Å²) in [7, 11) is 0. The van der Waals surface area contributed by atoms with E-state index in [-0.39, 0.29) is 5.56 Å². The first-order valence-corrected chi connectivity index (χ1v) is 8.42. The maximum absolute atomic E-state index is 12.6. The molecule has 0 unspecified atom stereocenters. The second-order valence-electron chi connectivity index (χ2n) is 5.08. The van der Waals surface area contributed by atoms with E-state index >= 15 is 0 Å². The number of hydrogen-bond donors (Lipinski definition) is 2. The highest BCUT2D eigenvalue weighted by Gasteiger charge is 2.12. The van der Waals surface area contributed by atoms with Gasteiger partial charge in [-0.25, -0.2) is 4.98 Å². The molecule has 0 aliphatic rings. The molecule has 0 aliphatic carbocycles. The molecule has 7 heteroatoms. The van der Waals surface area contributed by atoms with E-state index in [2.05, 4.69) is 20.3 Å². The monoisotopic (exact) mass is 354 g/mol. The van der Waals surface area contributed by atoms with Gasteiger partial charge in [-0.1, -0.05) is 17.7 Å². The van der Waals surface area contributed by atoms with E-state index in [4.69, 9.17) is 11.6 Å². The van der Waals surface area contributed by atoms with Gasteiger partial charge in [-0.15, -0.1) is 11.3 Å². The van der Waals surface area contributed by atoms with Crippen LogP contribution in [0.2, 0.25) is 5.02 Å². The molecule has 0 radical (unpaired) electrons. The summed E-state index contributed by atoms with van der Waals surface area (Å²) in [5.41, 5.74) is 1.78. The number of hydrogen-bond acceptors (Lipinski definition) is 5. The fourth-order valence-corrected chi connectivity index (χ4v) is 3.31. The molecule has 0 saturated carbocycles. The maximum atomic E-state index is 12.6. The van der Waals surface area contributed by atoms with Gasteiger partial charge in [-0.05, 0) is 41.8 Å². The topological polar surface area (TPSA) is 70.7 Å². The summed E-state index contributed by atoms with van der Waals surface area (Å²) in [6.45, 7) is 0. The number of thiophene rings is 1. The molecule has 0 bridgehead atoms. The predicted molar refractivity (Wildman–Crippen MR) is 98.2 cm³/mol. The van der Waals surface area contributed by atoms with Crippen LogP contribution in [0.5, 0.6) is 0 Å². The van der Waals surface area contributed by atoms with Crippen molar-refractivity contribution in [2.24, 2.45) is 0 Å². The molecular formula is C17H11ClN4OS. The molecule has 0 amide bonds. The number of H-pyrrole nitrogens is 1. The number of rotatable bonds is 3. The summed E-state index contributed by atoms with van der Waals surface area (Å²) >= 11 is 7.45. The molecule has 5 nitrogen and oxygen atoms in total. The molecule has 2 N–H and O–H groups in total. The van der Waals surface area contributed by atoms with Crippen molar-refractivity contribution >= 4 is 45.6 Å². The van der Waals surface area contributed by atoms with E-state index in [1.165, 1.54) is 0 Å². The molecule has 4 aromatic rings. The Morgan fingerprint density at radius 3 is 2.71 bits per heavy atom. The molecule has 0 fully saturated rings. The number of nitrogens with one attached hydrogen (secondary N) is 2. The van der Waals surface area contributed by atoms with Crippen molar-refractivity contribution in [3.63, 3.8) is 0 Å². The van der Waals surface area contributed by atoms with Gasteiger partial charge < -0.3 is 5.32 Å². The van der Waals surface area contributed by atoms with Crippen LogP contribution in [-0.2, 0) is 0 Å². The van der Waals surface area contributed by atoms with E-state index in [0.717, 1.165) is 16.1 Å². The molecule has 4 rings (SSSR count). The highest BCUT2D eigenvalue weighted by atomic mass is 35.5. The quantitative estimate of drug-likeness (QED) is 0.570. The fourth-order valence-electron chi connectivity index (χ4n) is 2.43. The Kier molecular flexibility index (Phi) is 3.76. The largest absolute Gasteiger partial charge is 0.326 e. The number of pyridine rings is 1. The number of halogens is 1. The van der Waals surface area contributed by atoms with Crippen molar-refractivity contribution in [2.75, 3.05) is 5.32 Å². The Morgan fingerprint density at radius 1 is 1.12 bits per heavy atom. The third-order valence-corrected chi connectivity index (χ3v) is 4.66. The van der Waals surface area contributed by atoms with Gasteiger partial charge in [-0.2, -0.15) is 4.98 Å². The van der Waals surface area contributed by atoms with Crippen molar-refractivity contribution in [1.82, 2.24) is 15.0 Å². The minimum atomic E-state index is -0.229. The predicted octanol–water partition coefficient (Wildman–Crippen LogP) is 4.44. The van der Waals surface area contributed by atoms with Crippen LogP contribution in [0.1, 0.15) is 0 Å². The lowest BCUT2D eigenvalue weighted by Gasteiger charge is -2.07. The molecule has 3 aromatic heterocycles. The smallest absolute Gasteiger partial charge is 0.262 e. The zero-order valence-electron chi connectivity index (χ0n) is 12.3. The highest BCUT2D eigenvalue weighted by Crippen LogP contribution is 2.28. The summed E-state index contributed by atoms with van der Waals surface area (Å²) in [4.78, 5) is 25.0. The summed E-state index contributed by atoms with van der Waals surface area (Å²) in [6, 6.07) is 12.9. The molecule has 0 atom stereocenters. The van der Waals surface area contributed by atoms with E-state index in [1.807, 2.05) is 35.7 Å². The number of aromatic nitrogens is 3. The van der Waals surface area contributed by atoms with Gasteiger partial charge in [0.2, 0.25) is 5.95 Å². The molecule has 0 aliphatic heterocycles. The van der Waals surface area contributed by atoms with Crippen LogP contribution >= 0.6 is 22.9 Å². The SMILES string of the molecule is O=c1[nH]c(Nc2ccc(Cl)cc2)nc2nccc(-c3cccs3)c12. The molecule has 1 aromatic carbocycles. The summed E-state index contributed by atoms with van der Waals surface area (Å²) in [5, 5.41) is 6.16. The first-order chi connectivity index (χ1) is 11.7. The number of nitrogens with zero attached hydrogens (tertiary/aromatic N) is 2. The highest BCUT2D eigenvalue weighted by molar-refractivity contribution is 7.13. The zero-order valence-corrected chi connectivity index (χ0v) is 13.9. The van der Waals surface area contributed by atoms with Crippen molar-refractivity contribution in [1.29, 1.82) is 0 Å². The van der Waals surface area contributed by atoms with Gasteiger partial charge >= 0.3 is 0 Å². The lowest BCUT2D eigenvalue weighted by Crippen LogP contribution is -2.12. The standard InChI is InChI=1S/C17H11ClN4OS/c18-10-3-5-11(6-4-10)20-17-21-15-14(16(23)22-17)12(7-8-19-15)13-2-1-9-24-13/h1-9H,(H2,19,20,21,22,23). The Bertz CT molecular complexity index is 1060. The van der Waals surface area contributed by atoms with E-state index in [1.54, 1.807) is 29.7 Å². The summed E-state index contributed by atoms with van der Waals surface area (Å²) < 4.78 is 0. The third kappa shape index (κ3) is 2.77. The Hall–Kier alpha value is -2.70. The van der Waals surface area contributed by atoms with Crippen LogP contribution in [-0.4, -0.2) is 15.0 Å². The minimum Gasteiger partial charge on any atom is -0.326 e. The third-order valence-electron chi connectivity index (χ3n) is 3.50. The van der Waals surface area contributed by atoms with E-state index in [0.29, 0.717) is 22.0 Å². The molecule has 118 valence electrons. The van der Waals surface area contributed by atoms with Crippen LogP contribution in [0.3, 0.4) is 0 Å². The van der Waals surface area contributed by atoms with Crippen molar-refractivity contribution in [2.45, 2.75) is 0 Å². The second-order valence-corrected chi connectivity index (χ2v) is 6.46. The lowest BCUT2D eigenvalue weighted by atomic mass is 10.1. The van der Waals surface area contributed by atoms with Gasteiger partial charge in [0.1, 0.15) is 0 Å². The number of anilines is 2. The number of benzene rings is 1. The summed E-state index contributed by atoms with van der Waals surface area (Å²) in [5.74, 6) is 0.339. The first-order valence-electron chi connectivity index (χ1n) is 7.16. The minimum absolute atomic E-state index is 0.229. The van der Waals surface area contributed by atoms with Gasteiger partial charge in [0.05, 0.1) is 5.39 Å². The van der Waals surface area contributed by atoms with Crippen LogP contribution in [0.4, 0.5) is 11.6 Å². The lowest BCUT2D eigenvalue weighted by molar-refractivity contribution is 1.14. The van der Waals surface area contributed by atoms with Gasteiger partial charge in [0.25, 0.3) is 5.56 Å². The van der Waals surface area contributed by atoms with Crippen molar-refractivity contribution in [3.8, 4) is 10.4 Å². The van der Waals surface area contributed by atoms with Gasteiger partial charge in [-0.3, -0.25) is 9.78 Å². The van der Waals surface area contributed by atoms with Crippen LogP contribution in [0.15, 0.2) is 58.8 Å². The Balaban J connectivity index is 1.81. The first kappa shape index (κ1) is 14.9. The van der Waals surface area contributed by atoms with Gasteiger partial charge in [0, 0.05) is 27.3 Å². The average Bonchev–Trinajstić information content (AvgIpc) is 3.11. The normalized spacial score (nSPS) is 10.9. The number of aromatic amines is 1. The second kappa shape index (κ2) is 6.07. The van der Waals surface area contributed by atoms with E-state index in [9.17, 15) is 4.79 Å². The van der Waals surface area contributed by atoms with Crippen molar-refractivity contribution in [3.05, 3.63) is 69.4 Å². The molecular weight excluding hydrogens is 344 g/mol. The Labute approximate surface area is 146 Å². The maximum Gasteiger partial charge on any atom is 0.262 e. The van der Waals surface area contributed by atoms with Crippen molar-refractivity contribution < 1.29 is 0 Å². The van der Waals surface area contributed by atoms with Crippen LogP contribution in [0.25, 0.3) is 21.5 Å². The van der Waals surface area contributed by atoms with Gasteiger partial charge in [0.15, 0.2) is 5.65 Å². The zero-order chi connectivity index (χ0) is 16.5.